The minimum atomic E-state index is -1.16. The van der Waals surface area contributed by atoms with Gasteiger partial charge in [-0.3, -0.25) is 14.4 Å². The van der Waals surface area contributed by atoms with E-state index in [2.05, 4.69) is 11.2 Å². The number of carbonyl (C=O) groups is 4. The highest BCUT2D eigenvalue weighted by molar-refractivity contribution is 5.88. The van der Waals surface area contributed by atoms with Crippen LogP contribution in [0.2, 0.25) is 0 Å². The lowest BCUT2D eigenvalue weighted by Gasteiger charge is -2.38. The molecule has 2 saturated heterocycles. The maximum Gasteiger partial charge on any atom is 0.410 e. The molecule has 0 saturated carbocycles. The molecule has 2 rings (SSSR count). The molecule has 3 amide bonds. The van der Waals surface area contributed by atoms with E-state index in [0.717, 1.165) is 0 Å². The van der Waals surface area contributed by atoms with Crippen LogP contribution in [0.25, 0.3) is 0 Å². The van der Waals surface area contributed by atoms with Crippen molar-refractivity contribution in [2.24, 2.45) is 17.8 Å². The molecule has 170 valence electrons. The molecule has 9 heteroatoms. The zero-order chi connectivity index (χ0) is 23.2. The van der Waals surface area contributed by atoms with Crippen LogP contribution in [-0.4, -0.2) is 77.1 Å². The first-order valence-electron chi connectivity index (χ1n) is 10.4. The second kappa shape index (κ2) is 10.3. The lowest BCUT2D eigenvalue weighted by molar-refractivity contribution is -0.139. The highest BCUT2D eigenvalue weighted by Crippen LogP contribution is 2.21. The Bertz CT molecular complexity index is 773. The van der Waals surface area contributed by atoms with Gasteiger partial charge in [0.05, 0.1) is 5.92 Å². The summed E-state index contributed by atoms with van der Waals surface area (Å²) in [6.45, 7) is 7.14. The number of hydrogen-bond donors (Lipinski definition) is 2. The predicted molar refractivity (Wildman–Crippen MR) is 113 cm³/mol. The zero-order valence-corrected chi connectivity index (χ0v) is 18.3. The van der Waals surface area contributed by atoms with Crippen molar-refractivity contribution in [2.45, 2.75) is 39.2 Å². The Morgan fingerprint density at radius 1 is 1.23 bits per heavy atom. The number of ether oxygens (including phenoxy) is 1. The van der Waals surface area contributed by atoms with E-state index in [-0.39, 0.29) is 36.9 Å². The molecule has 0 bridgehead atoms. The number of amides is 3. The first kappa shape index (κ1) is 24.3. The number of hydrogen-bond acceptors (Lipinski definition) is 5. The maximum atomic E-state index is 12.5. The lowest BCUT2D eigenvalue weighted by atomic mass is 9.96. The number of nitrogens with zero attached hydrogens (tertiary/aromatic N) is 2. The Morgan fingerprint density at radius 2 is 1.90 bits per heavy atom. The van der Waals surface area contributed by atoms with Crippen LogP contribution in [0.15, 0.2) is 12.2 Å². The number of carboxylic acids is 1. The third kappa shape index (κ3) is 7.31. The molecular formula is C22H31N3O6. The summed E-state index contributed by atoms with van der Waals surface area (Å²) in [5.74, 6) is -0.886. The van der Waals surface area contributed by atoms with Gasteiger partial charge in [-0.15, -0.1) is 6.42 Å². The first-order valence-corrected chi connectivity index (χ1v) is 10.4. The summed E-state index contributed by atoms with van der Waals surface area (Å²) in [6, 6.07) is 0. The van der Waals surface area contributed by atoms with Crippen LogP contribution in [0.3, 0.4) is 0 Å². The molecule has 0 aromatic rings. The molecular weight excluding hydrogens is 402 g/mol. The molecule has 31 heavy (non-hydrogen) atoms. The van der Waals surface area contributed by atoms with Gasteiger partial charge in [-0.1, -0.05) is 12.0 Å². The van der Waals surface area contributed by atoms with Crippen LogP contribution in [0.4, 0.5) is 4.79 Å². The normalized spacial score (nSPS) is 20.5. The fraction of sp³-hybridized carbons (Fsp3) is 0.636. The van der Waals surface area contributed by atoms with E-state index in [4.69, 9.17) is 16.3 Å². The third-order valence-corrected chi connectivity index (χ3v) is 5.16. The average molecular weight is 434 g/mol. The van der Waals surface area contributed by atoms with Gasteiger partial charge in [0.25, 0.3) is 0 Å². The van der Waals surface area contributed by atoms with E-state index in [0.29, 0.717) is 32.5 Å². The SMILES string of the molecule is C#C[C@@H](CNC(=O)[C@@H]1CCCN(C(=O)/C=C/C2CN(C(=O)OC(C)(C)C)C2)C1)C(=O)O. The fourth-order valence-corrected chi connectivity index (χ4v) is 3.39. The van der Waals surface area contributed by atoms with Gasteiger partial charge in [-0.25, -0.2) is 4.79 Å². The molecule has 2 N–H and O–H groups in total. The van der Waals surface area contributed by atoms with Gasteiger partial charge >= 0.3 is 12.1 Å². The van der Waals surface area contributed by atoms with Gasteiger partial charge in [0.1, 0.15) is 11.5 Å². The Labute approximate surface area is 182 Å². The number of nitrogens with one attached hydrogen (secondary N) is 1. The Morgan fingerprint density at radius 3 is 2.48 bits per heavy atom. The van der Waals surface area contributed by atoms with E-state index in [1.807, 2.05) is 20.8 Å². The van der Waals surface area contributed by atoms with Crippen molar-refractivity contribution in [3.8, 4) is 12.3 Å². The molecule has 0 aromatic carbocycles. The first-order chi connectivity index (χ1) is 14.5. The van der Waals surface area contributed by atoms with Crippen molar-refractivity contribution in [3.63, 3.8) is 0 Å². The fourth-order valence-electron chi connectivity index (χ4n) is 3.39. The van der Waals surface area contributed by atoms with Gasteiger partial charge in [0.15, 0.2) is 0 Å². The smallest absolute Gasteiger partial charge is 0.410 e. The third-order valence-electron chi connectivity index (χ3n) is 5.16. The average Bonchev–Trinajstić information content (AvgIpc) is 2.65. The van der Waals surface area contributed by atoms with Crippen molar-refractivity contribution in [1.29, 1.82) is 0 Å². The van der Waals surface area contributed by atoms with Crippen LogP contribution < -0.4 is 5.32 Å². The summed E-state index contributed by atoms with van der Waals surface area (Å²) in [5, 5.41) is 11.5. The van der Waals surface area contributed by atoms with Crippen molar-refractivity contribution >= 4 is 23.9 Å². The zero-order valence-electron chi connectivity index (χ0n) is 18.3. The predicted octanol–water partition coefficient (Wildman–Crippen LogP) is 1.10. The van der Waals surface area contributed by atoms with Crippen LogP contribution in [-0.2, 0) is 19.1 Å². The number of rotatable bonds is 6. The molecule has 2 fully saturated rings. The minimum absolute atomic E-state index is 0.0945. The second-order valence-electron chi connectivity index (χ2n) is 8.93. The van der Waals surface area contributed by atoms with Crippen molar-refractivity contribution in [2.75, 3.05) is 32.7 Å². The summed E-state index contributed by atoms with van der Waals surface area (Å²) in [7, 11) is 0. The van der Waals surface area contributed by atoms with Crippen LogP contribution in [0.5, 0.6) is 0 Å². The molecule has 0 radical (unpaired) electrons. The second-order valence-corrected chi connectivity index (χ2v) is 8.93. The van der Waals surface area contributed by atoms with Crippen molar-refractivity contribution in [1.82, 2.24) is 15.1 Å². The molecule has 9 nitrogen and oxygen atoms in total. The van der Waals surface area contributed by atoms with E-state index in [9.17, 15) is 19.2 Å². The maximum absolute atomic E-state index is 12.5. The number of likely N-dealkylation sites (tertiary alicyclic amines) is 2. The Kier molecular flexibility index (Phi) is 8.08. The van der Waals surface area contributed by atoms with Crippen LogP contribution in [0.1, 0.15) is 33.6 Å². The quantitative estimate of drug-likeness (QED) is 0.479. The Hall–Kier alpha value is -3.02. The van der Waals surface area contributed by atoms with Crippen molar-refractivity contribution in [3.05, 3.63) is 12.2 Å². The van der Waals surface area contributed by atoms with E-state index < -0.39 is 23.4 Å². The number of piperidine rings is 1. The monoisotopic (exact) mass is 433 g/mol. The standard InChI is InChI=1S/C22H31N3O6/c1-5-16(20(28)29)11-23-19(27)17-7-6-10-24(14-17)18(26)9-8-15-12-25(13-15)21(30)31-22(2,3)4/h1,8-9,15-17H,6-7,10-14H2,2-4H3,(H,23,27)(H,28,29)/b9-8+/t16-,17+/m0/s1. The highest BCUT2D eigenvalue weighted by atomic mass is 16.6. The molecule has 2 aliphatic heterocycles. The minimum Gasteiger partial charge on any atom is -0.480 e. The Balaban J connectivity index is 1.77. The molecule has 2 atom stereocenters. The lowest BCUT2D eigenvalue weighted by Crippen LogP contribution is -2.51. The topological polar surface area (TPSA) is 116 Å². The molecule has 0 aromatic heterocycles. The van der Waals surface area contributed by atoms with Gasteiger partial charge < -0.3 is 25.0 Å². The van der Waals surface area contributed by atoms with Crippen LogP contribution >= 0.6 is 0 Å². The van der Waals surface area contributed by atoms with Gasteiger partial charge in [0, 0.05) is 38.6 Å². The summed E-state index contributed by atoms with van der Waals surface area (Å²) in [4.78, 5) is 51.0. The number of terminal acetylenes is 1. The summed E-state index contributed by atoms with van der Waals surface area (Å²) in [5.41, 5.74) is -0.541. The summed E-state index contributed by atoms with van der Waals surface area (Å²) < 4.78 is 5.31. The van der Waals surface area contributed by atoms with E-state index >= 15 is 0 Å². The van der Waals surface area contributed by atoms with Gasteiger partial charge in [-0.2, -0.15) is 0 Å². The number of carboxylic acid groups (broad SMARTS) is 1. The largest absolute Gasteiger partial charge is 0.480 e. The van der Waals surface area contributed by atoms with Crippen LogP contribution in [0, 0.1) is 30.1 Å². The molecule has 0 spiro atoms. The van der Waals surface area contributed by atoms with E-state index in [1.54, 1.807) is 15.9 Å². The van der Waals surface area contributed by atoms with Gasteiger partial charge in [-0.05, 0) is 39.7 Å². The van der Waals surface area contributed by atoms with Crippen molar-refractivity contribution < 1.29 is 29.0 Å². The summed E-state index contributed by atoms with van der Waals surface area (Å²) >= 11 is 0. The summed E-state index contributed by atoms with van der Waals surface area (Å²) in [6.07, 6.45) is 9.39. The number of carbonyl (C=O) groups excluding carboxylic acids is 3. The molecule has 0 unspecified atom stereocenters. The molecule has 0 aliphatic carbocycles. The van der Waals surface area contributed by atoms with E-state index in [1.165, 1.54) is 6.08 Å². The molecule has 2 heterocycles. The highest BCUT2D eigenvalue weighted by Gasteiger charge is 2.33. The molecule has 2 aliphatic rings. The van der Waals surface area contributed by atoms with Gasteiger partial charge in [0.2, 0.25) is 11.8 Å². The number of aliphatic carboxylic acids is 1.